The third-order valence-electron chi connectivity index (χ3n) is 2.87. The molecule has 0 atom stereocenters. The summed E-state index contributed by atoms with van der Waals surface area (Å²) >= 11 is 0. The van der Waals surface area contributed by atoms with Crippen LogP contribution in [-0.4, -0.2) is 33.6 Å². The van der Waals surface area contributed by atoms with Crippen molar-refractivity contribution in [2.75, 3.05) is 27.9 Å². The van der Waals surface area contributed by atoms with Crippen LogP contribution in [0.2, 0.25) is 0 Å². The molecule has 0 saturated carbocycles. The Bertz CT molecular complexity index is 415. The standard InChI is InChI=1S/C13H17NO3/c1-15-11-7-9(10-5-4-6-14-10)8-12(16-2)13(11)17-3/h7-8H,4-6H2,1-3H3. The van der Waals surface area contributed by atoms with E-state index >= 15 is 0 Å². The molecule has 1 aromatic carbocycles. The maximum absolute atomic E-state index is 5.32. The van der Waals surface area contributed by atoms with Crippen LogP contribution in [0.15, 0.2) is 17.1 Å². The number of aliphatic imine (C=N–C) groups is 1. The minimum Gasteiger partial charge on any atom is -0.493 e. The Labute approximate surface area is 101 Å². The van der Waals surface area contributed by atoms with Crippen molar-refractivity contribution in [3.8, 4) is 17.2 Å². The Hall–Kier alpha value is -1.71. The van der Waals surface area contributed by atoms with Crippen molar-refractivity contribution in [2.24, 2.45) is 4.99 Å². The van der Waals surface area contributed by atoms with Crippen molar-refractivity contribution >= 4 is 5.71 Å². The van der Waals surface area contributed by atoms with Gasteiger partial charge in [0.25, 0.3) is 0 Å². The summed E-state index contributed by atoms with van der Waals surface area (Å²) in [5.41, 5.74) is 2.17. The second kappa shape index (κ2) is 5.08. The molecule has 2 rings (SSSR count). The van der Waals surface area contributed by atoms with Crippen molar-refractivity contribution in [3.63, 3.8) is 0 Å². The zero-order chi connectivity index (χ0) is 12.3. The van der Waals surface area contributed by atoms with Gasteiger partial charge in [-0.05, 0) is 25.0 Å². The minimum absolute atomic E-state index is 0.623. The molecular formula is C13H17NO3. The summed E-state index contributed by atoms with van der Waals surface area (Å²) < 4.78 is 15.9. The predicted molar refractivity (Wildman–Crippen MR) is 66.7 cm³/mol. The molecule has 0 aromatic heterocycles. The maximum Gasteiger partial charge on any atom is 0.203 e. The van der Waals surface area contributed by atoms with E-state index in [9.17, 15) is 0 Å². The van der Waals surface area contributed by atoms with Gasteiger partial charge in [0, 0.05) is 17.8 Å². The molecule has 4 nitrogen and oxygen atoms in total. The first-order valence-electron chi connectivity index (χ1n) is 5.64. The summed E-state index contributed by atoms with van der Waals surface area (Å²) in [5.74, 6) is 1.98. The predicted octanol–water partition coefficient (Wildman–Crippen LogP) is 2.30. The third-order valence-corrected chi connectivity index (χ3v) is 2.87. The first-order chi connectivity index (χ1) is 8.30. The van der Waals surface area contributed by atoms with E-state index in [2.05, 4.69) is 4.99 Å². The van der Waals surface area contributed by atoms with Crippen molar-refractivity contribution in [3.05, 3.63) is 17.7 Å². The van der Waals surface area contributed by atoms with Crippen LogP contribution in [0.4, 0.5) is 0 Å². The van der Waals surface area contributed by atoms with E-state index < -0.39 is 0 Å². The van der Waals surface area contributed by atoms with E-state index in [0.717, 1.165) is 30.7 Å². The lowest BCUT2D eigenvalue weighted by atomic mass is 10.1. The van der Waals surface area contributed by atoms with E-state index in [0.29, 0.717) is 17.2 Å². The normalized spacial score (nSPS) is 14.4. The molecule has 0 aliphatic carbocycles. The summed E-state index contributed by atoms with van der Waals surface area (Å²) in [7, 11) is 4.85. The monoisotopic (exact) mass is 235 g/mol. The number of benzene rings is 1. The highest BCUT2D eigenvalue weighted by Crippen LogP contribution is 2.38. The molecule has 1 aromatic rings. The molecule has 1 aliphatic heterocycles. The SMILES string of the molecule is COc1cc(C2=NCCC2)cc(OC)c1OC. The zero-order valence-corrected chi connectivity index (χ0v) is 10.4. The van der Waals surface area contributed by atoms with Crippen LogP contribution in [0.25, 0.3) is 0 Å². The van der Waals surface area contributed by atoms with Gasteiger partial charge in [-0.2, -0.15) is 0 Å². The van der Waals surface area contributed by atoms with Crippen LogP contribution in [0, 0.1) is 0 Å². The largest absolute Gasteiger partial charge is 0.493 e. The Kier molecular flexibility index (Phi) is 3.52. The Morgan fingerprint density at radius 1 is 1.00 bits per heavy atom. The molecule has 0 fully saturated rings. The topological polar surface area (TPSA) is 40.0 Å². The summed E-state index contributed by atoms with van der Waals surface area (Å²) in [5, 5.41) is 0. The van der Waals surface area contributed by atoms with Crippen molar-refractivity contribution < 1.29 is 14.2 Å². The minimum atomic E-state index is 0.623. The summed E-state index contributed by atoms with van der Waals surface area (Å²) in [6.07, 6.45) is 2.13. The highest BCUT2D eigenvalue weighted by atomic mass is 16.5. The Morgan fingerprint density at radius 3 is 2.06 bits per heavy atom. The summed E-state index contributed by atoms with van der Waals surface area (Å²) in [6, 6.07) is 3.90. The number of methoxy groups -OCH3 is 3. The molecule has 17 heavy (non-hydrogen) atoms. The molecular weight excluding hydrogens is 218 g/mol. The lowest BCUT2D eigenvalue weighted by molar-refractivity contribution is 0.324. The van der Waals surface area contributed by atoms with Crippen molar-refractivity contribution in [1.29, 1.82) is 0 Å². The van der Waals surface area contributed by atoms with Crippen molar-refractivity contribution in [2.45, 2.75) is 12.8 Å². The van der Waals surface area contributed by atoms with E-state index in [-0.39, 0.29) is 0 Å². The molecule has 0 radical (unpaired) electrons. The zero-order valence-electron chi connectivity index (χ0n) is 10.4. The molecule has 0 unspecified atom stereocenters. The number of hydrogen-bond acceptors (Lipinski definition) is 4. The summed E-state index contributed by atoms with van der Waals surface area (Å²) in [4.78, 5) is 4.48. The van der Waals surface area contributed by atoms with Crippen LogP contribution in [0.1, 0.15) is 18.4 Å². The third kappa shape index (κ3) is 2.20. The van der Waals surface area contributed by atoms with Gasteiger partial charge in [-0.25, -0.2) is 0 Å². The van der Waals surface area contributed by atoms with Gasteiger partial charge in [0.2, 0.25) is 5.75 Å². The average molecular weight is 235 g/mol. The van der Waals surface area contributed by atoms with E-state index in [4.69, 9.17) is 14.2 Å². The lowest BCUT2D eigenvalue weighted by Crippen LogP contribution is -2.01. The molecule has 1 aliphatic rings. The Morgan fingerprint density at radius 2 is 1.65 bits per heavy atom. The van der Waals surface area contributed by atoms with Gasteiger partial charge in [0.15, 0.2) is 11.5 Å². The van der Waals surface area contributed by atoms with Gasteiger partial charge in [-0.15, -0.1) is 0 Å². The van der Waals surface area contributed by atoms with Gasteiger partial charge < -0.3 is 14.2 Å². The number of rotatable bonds is 4. The van der Waals surface area contributed by atoms with Crippen LogP contribution in [0.5, 0.6) is 17.2 Å². The number of ether oxygens (including phenoxy) is 3. The van der Waals surface area contributed by atoms with Crippen LogP contribution in [-0.2, 0) is 0 Å². The van der Waals surface area contributed by atoms with Crippen LogP contribution in [0.3, 0.4) is 0 Å². The molecule has 4 heteroatoms. The number of nitrogens with zero attached hydrogens (tertiary/aromatic N) is 1. The molecule has 0 spiro atoms. The molecule has 0 bridgehead atoms. The molecule has 0 saturated heterocycles. The lowest BCUT2D eigenvalue weighted by Gasteiger charge is -2.14. The van der Waals surface area contributed by atoms with Crippen molar-refractivity contribution in [1.82, 2.24) is 0 Å². The second-order valence-corrected chi connectivity index (χ2v) is 3.85. The van der Waals surface area contributed by atoms with Gasteiger partial charge in [-0.1, -0.05) is 0 Å². The molecule has 0 N–H and O–H groups in total. The molecule has 92 valence electrons. The van der Waals surface area contributed by atoms with Gasteiger partial charge in [0.1, 0.15) is 0 Å². The van der Waals surface area contributed by atoms with Gasteiger partial charge in [-0.3, -0.25) is 4.99 Å². The van der Waals surface area contributed by atoms with Gasteiger partial charge in [0.05, 0.1) is 21.3 Å². The van der Waals surface area contributed by atoms with Crippen LogP contribution < -0.4 is 14.2 Å². The fourth-order valence-corrected chi connectivity index (χ4v) is 2.02. The summed E-state index contributed by atoms with van der Waals surface area (Å²) in [6.45, 7) is 0.909. The fourth-order valence-electron chi connectivity index (χ4n) is 2.02. The maximum atomic E-state index is 5.32. The van der Waals surface area contributed by atoms with Crippen LogP contribution >= 0.6 is 0 Å². The van der Waals surface area contributed by atoms with E-state index in [1.807, 2.05) is 12.1 Å². The highest BCUT2D eigenvalue weighted by molar-refractivity contribution is 6.02. The smallest absolute Gasteiger partial charge is 0.203 e. The van der Waals surface area contributed by atoms with E-state index in [1.165, 1.54) is 0 Å². The first-order valence-corrected chi connectivity index (χ1v) is 5.64. The average Bonchev–Trinajstić information content (AvgIpc) is 2.90. The first kappa shape index (κ1) is 11.8. The second-order valence-electron chi connectivity index (χ2n) is 3.85. The highest BCUT2D eigenvalue weighted by Gasteiger charge is 2.17. The van der Waals surface area contributed by atoms with Gasteiger partial charge >= 0.3 is 0 Å². The molecule has 0 amide bonds. The fraction of sp³-hybridized carbons (Fsp3) is 0.462. The van der Waals surface area contributed by atoms with E-state index in [1.54, 1.807) is 21.3 Å². The Balaban J connectivity index is 2.48. The number of hydrogen-bond donors (Lipinski definition) is 0. The quantitative estimate of drug-likeness (QED) is 0.804. The molecule has 1 heterocycles.